The first kappa shape index (κ1) is 62.2. The van der Waals surface area contributed by atoms with E-state index in [0.29, 0.717) is 23.9 Å². The summed E-state index contributed by atoms with van der Waals surface area (Å²) in [6.07, 6.45) is 49.9. The highest BCUT2D eigenvalue weighted by Gasteiger charge is 2.29. The minimum absolute atomic E-state index is 0.0431. The number of aliphatic hydroxyl groups is 2. The average molecular weight is 915 g/mol. The normalized spacial score (nSPS) is 14.6. The van der Waals surface area contributed by atoms with Crippen molar-refractivity contribution in [2.24, 2.45) is 0 Å². The second-order valence-electron chi connectivity index (χ2n) is 20.1. The van der Waals surface area contributed by atoms with E-state index in [-0.39, 0.29) is 18.9 Å². The summed E-state index contributed by atoms with van der Waals surface area (Å²) in [6.45, 7) is 4.44. The van der Waals surface area contributed by atoms with E-state index in [1.807, 2.05) is 21.1 Å². The van der Waals surface area contributed by atoms with Crippen molar-refractivity contribution in [1.29, 1.82) is 0 Å². The number of phosphoric acid groups is 1. The number of hydrogen-bond donors (Lipinski definition) is 3. The Balaban J connectivity index is 4.17. The molecule has 1 amide bonds. The second-order valence-corrected chi connectivity index (χ2v) is 21.5. The molecule has 0 aliphatic carbocycles. The Morgan fingerprint density at radius 1 is 0.556 bits per heavy atom. The number of rotatable bonds is 50. The van der Waals surface area contributed by atoms with E-state index in [0.717, 1.165) is 32.1 Å². The number of carbonyl (C=O) groups is 1. The zero-order chi connectivity index (χ0) is 46.5. The molecule has 376 valence electrons. The molecule has 9 nitrogen and oxygen atoms in total. The lowest BCUT2D eigenvalue weighted by Gasteiger charge is -2.31. The first-order valence-electron chi connectivity index (χ1n) is 27.1. The SMILES string of the molecule is CCCCCCCCC/C=C/CCCC(O)C(O)C(COP(=O)([O-])OCC[N+](C)(C)C)NC(=O)CCCCCCCCCCCCCCCCCCCCCCCCCCCCC. The molecule has 0 rings (SSSR count). The van der Waals surface area contributed by atoms with Gasteiger partial charge in [0, 0.05) is 6.42 Å². The molecule has 4 atom stereocenters. The maximum absolute atomic E-state index is 13.0. The quantitative estimate of drug-likeness (QED) is 0.0240. The molecule has 63 heavy (non-hydrogen) atoms. The van der Waals surface area contributed by atoms with Crippen LogP contribution in [0.5, 0.6) is 0 Å². The third-order valence-corrected chi connectivity index (χ3v) is 13.6. The van der Waals surface area contributed by atoms with Crippen molar-refractivity contribution in [2.45, 2.75) is 283 Å². The average Bonchev–Trinajstić information content (AvgIpc) is 3.24. The molecule has 0 bridgehead atoms. The van der Waals surface area contributed by atoms with Crippen LogP contribution in [0.15, 0.2) is 12.2 Å². The fourth-order valence-electron chi connectivity index (χ4n) is 8.26. The highest BCUT2D eigenvalue weighted by molar-refractivity contribution is 7.45. The van der Waals surface area contributed by atoms with Gasteiger partial charge in [0.1, 0.15) is 19.3 Å². The zero-order valence-electron chi connectivity index (χ0n) is 42.4. The number of quaternary nitrogens is 1. The van der Waals surface area contributed by atoms with Gasteiger partial charge in [-0.1, -0.05) is 231 Å². The monoisotopic (exact) mass is 915 g/mol. The largest absolute Gasteiger partial charge is 0.756 e. The Bertz CT molecular complexity index is 1050. The molecule has 0 heterocycles. The van der Waals surface area contributed by atoms with Crippen LogP contribution in [0.25, 0.3) is 0 Å². The van der Waals surface area contributed by atoms with Crippen molar-refractivity contribution in [3.05, 3.63) is 12.2 Å². The molecule has 0 aliphatic heterocycles. The first-order valence-corrected chi connectivity index (χ1v) is 28.6. The van der Waals surface area contributed by atoms with Crippen molar-refractivity contribution < 1.29 is 38.0 Å². The number of carbonyl (C=O) groups excluding carboxylic acids is 1. The third-order valence-electron chi connectivity index (χ3n) is 12.6. The lowest BCUT2D eigenvalue weighted by atomic mass is 10.0. The van der Waals surface area contributed by atoms with E-state index in [1.165, 1.54) is 199 Å². The van der Waals surface area contributed by atoms with Gasteiger partial charge in [-0.15, -0.1) is 0 Å². The van der Waals surface area contributed by atoms with Gasteiger partial charge in [0.15, 0.2) is 0 Å². The summed E-state index contributed by atoms with van der Waals surface area (Å²) in [5.41, 5.74) is 0. The molecule has 0 fully saturated rings. The molecule has 0 aromatic heterocycles. The standard InChI is InChI=1S/C53H107N2O7P/c1-6-8-10-12-14-16-18-20-21-22-23-24-25-26-27-28-29-30-31-32-33-34-36-38-40-42-44-46-52(57)54-50(49-62-63(59,60)61-48-47-55(3,4)5)53(58)51(56)45-43-41-39-37-35-19-17-15-13-11-9-7-2/h37,39,50-51,53,56,58H,6-36,38,40-49H2,1-5H3,(H-,54,57,59,60)/b39-37+. The number of phosphoric ester groups is 1. The third kappa shape index (κ3) is 46.1. The van der Waals surface area contributed by atoms with Gasteiger partial charge in [-0.25, -0.2) is 0 Å². The molecule has 10 heteroatoms. The van der Waals surface area contributed by atoms with Gasteiger partial charge in [-0.3, -0.25) is 9.36 Å². The molecule has 0 aromatic carbocycles. The number of hydrogen-bond acceptors (Lipinski definition) is 7. The zero-order valence-corrected chi connectivity index (χ0v) is 43.3. The Morgan fingerprint density at radius 3 is 1.29 bits per heavy atom. The predicted octanol–water partition coefficient (Wildman–Crippen LogP) is 14.2. The number of unbranched alkanes of at least 4 members (excludes halogenated alkanes) is 34. The van der Waals surface area contributed by atoms with Crippen molar-refractivity contribution >= 4 is 13.7 Å². The van der Waals surface area contributed by atoms with Gasteiger partial charge in [-0.05, 0) is 38.5 Å². The summed E-state index contributed by atoms with van der Waals surface area (Å²) in [4.78, 5) is 25.5. The smallest absolute Gasteiger partial charge is 0.268 e. The first-order chi connectivity index (χ1) is 30.4. The van der Waals surface area contributed by atoms with Crippen LogP contribution in [0, 0.1) is 0 Å². The summed E-state index contributed by atoms with van der Waals surface area (Å²) in [6, 6.07) is -1.08. The second kappa shape index (κ2) is 45.0. The van der Waals surface area contributed by atoms with Crippen molar-refractivity contribution in [3.8, 4) is 0 Å². The van der Waals surface area contributed by atoms with Gasteiger partial charge >= 0.3 is 0 Å². The van der Waals surface area contributed by atoms with E-state index in [9.17, 15) is 24.5 Å². The van der Waals surface area contributed by atoms with Crippen molar-refractivity contribution in [2.75, 3.05) is 40.9 Å². The van der Waals surface area contributed by atoms with Gasteiger partial charge in [0.25, 0.3) is 7.82 Å². The van der Waals surface area contributed by atoms with Gasteiger partial charge in [0.2, 0.25) is 5.91 Å². The molecule has 0 radical (unpaired) electrons. The summed E-state index contributed by atoms with van der Waals surface area (Å²) >= 11 is 0. The van der Waals surface area contributed by atoms with Crippen molar-refractivity contribution in [1.82, 2.24) is 5.32 Å². The topological polar surface area (TPSA) is 128 Å². The van der Waals surface area contributed by atoms with Gasteiger partial charge < -0.3 is 34.0 Å². The van der Waals surface area contributed by atoms with Crippen LogP contribution in [-0.2, 0) is 18.4 Å². The Labute approximate surface area is 391 Å². The molecule has 0 aliphatic rings. The number of allylic oxidation sites excluding steroid dienone is 2. The van der Waals surface area contributed by atoms with E-state index in [4.69, 9.17) is 9.05 Å². The highest BCUT2D eigenvalue weighted by atomic mass is 31.2. The number of nitrogens with one attached hydrogen (secondary N) is 1. The maximum Gasteiger partial charge on any atom is 0.268 e. The molecular formula is C53H107N2O7P. The highest BCUT2D eigenvalue weighted by Crippen LogP contribution is 2.38. The Kier molecular flexibility index (Phi) is 44.4. The lowest BCUT2D eigenvalue weighted by molar-refractivity contribution is -0.870. The Morgan fingerprint density at radius 2 is 0.905 bits per heavy atom. The Hall–Kier alpha value is -0.800. The van der Waals surface area contributed by atoms with E-state index in [2.05, 4.69) is 31.3 Å². The van der Waals surface area contributed by atoms with Gasteiger partial charge in [-0.2, -0.15) is 0 Å². The minimum atomic E-state index is -4.67. The number of nitrogens with zero attached hydrogens (tertiary/aromatic N) is 1. The molecule has 0 aromatic rings. The molecule has 0 saturated carbocycles. The summed E-state index contributed by atoms with van der Waals surface area (Å²) in [7, 11) is 1.12. The van der Waals surface area contributed by atoms with Crippen LogP contribution in [-0.4, -0.2) is 79.8 Å². The maximum atomic E-state index is 13.0. The van der Waals surface area contributed by atoms with Crippen molar-refractivity contribution in [3.63, 3.8) is 0 Å². The summed E-state index contributed by atoms with van der Waals surface area (Å²) in [5.74, 6) is -0.283. The van der Waals surface area contributed by atoms with Crippen LogP contribution in [0.3, 0.4) is 0 Å². The van der Waals surface area contributed by atoms with Gasteiger partial charge in [0.05, 0.1) is 39.9 Å². The molecular weight excluding hydrogens is 808 g/mol. The van der Waals surface area contributed by atoms with Crippen LogP contribution in [0.4, 0.5) is 0 Å². The molecule has 0 spiro atoms. The van der Waals surface area contributed by atoms with Crippen LogP contribution < -0.4 is 10.2 Å². The fraction of sp³-hybridized carbons (Fsp3) is 0.943. The molecule has 4 unspecified atom stereocenters. The summed E-state index contributed by atoms with van der Waals surface area (Å²) < 4.78 is 23.2. The van der Waals surface area contributed by atoms with Crippen LogP contribution in [0.1, 0.15) is 264 Å². The molecule has 3 N–H and O–H groups in total. The van der Waals surface area contributed by atoms with Crippen LogP contribution in [0.2, 0.25) is 0 Å². The lowest BCUT2D eigenvalue weighted by Crippen LogP contribution is -2.51. The minimum Gasteiger partial charge on any atom is -0.756 e. The number of likely N-dealkylation sites (N-methyl/N-ethyl adjacent to an activating group) is 1. The van der Waals surface area contributed by atoms with Crippen LogP contribution >= 0.6 is 7.82 Å². The van der Waals surface area contributed by atoms with E-state index < -0.39 is 32.7 Å². The van der Waals surface area contributed by atoms with E-state index >= 15 is 0 Å². The molecule has 0 saturated heterocycles. The predicted molar refractivity (Wildman–Crippen MR) is 267 cm³/mol. The number of amides is 1. The number of aliphatic hydroxyl groups excluding tert-OH is 2. The summed E-state index contributed by atoms with van der Waals surface area (Å²) in [5, 5.41) is 24.7. The van der Waals surface area contributed by atoms with E-state index in [1.54, 1.807) is 0 Å². The fourth-order valence-corrected chi connectivity index (χ4v) is 8.98.